The van der Waals surface area contributed by atoms with Gasteiger partial charge in [-0.25, -0.2) is 0 Å². The molecule has 22 N–H and O–H groups in total. The number of hydrogen-bond donors (Lipinski definition) is 0. The molecule has 20 nitrogen and oxygen atoms in total. The largest absolute Gasteiger partial charge is 2.00 e. The molecule has 0 amide bonds. The molecule has 0 saturated heterocycles. The van der Waals surface area contributed by atoms with Crippen LogP contribution in [0.5, 0.6) is 0 Å². The van der Waals surface area contributed by atoms with Gasteiger partial charge in [0.2, 0.25) is 0 Å². The second kappa shape index (κ2) is 34.9. The van der Waals surface area contributed by atoms with E-state index in [-0.39, 0.29) is 111 Å². The van der Waals surface area contributed by atoms with Gasteiger partial charge >= 0.3 is 34.1 Å². The van der Waals surface area contributed by atoms with Crippen LogP contribution in [0, 0.1) is 0 Å². The Morgan fingerprint density at radius 2 is 0.537 bits per heavy atom. The molecule has 22 heteroatoms. The van der Waals surface area contributed by atoms with E-state index >= 15 is 0 Å². The maximum absolute atomic E-state index is 10.2. The minimum absolute atomic E-state index is 0. The number of hydrogen-bond acceptors (Lipinski definition) is 10. The van der Waals surface area contributed by atoms with Crippen LogP contribution < -0.4 is 10.2 Å². The minimum atomic E-state index is -1.33. The fourth-order valence-electron chi connectivity index (χ4n) is 4.10. The number of benzene rings is 3. The molecule has 0 spiro atoms. The summed E-state index contributed by atoms with van der Waals surface area (Å²) in [7, 11) is 0. The molecular weight excluding hydrogens is 823 g/mol. The van der Waals surface area contributed by atoms with Crippen LogP contribution in [-0.4, -0.2) is 97.6 Å². The van der Waals surface area contributed by atoms with Crippen LogP contribution in [0.15, 0.2) is 122 Å². The van der Waals surface area contributed by atoms with Crippen LogP contribution in [0.1, 0.15) is 20.7 Å². The monoisotopic (exact) mass is 864 g/mol. The minimum Gasteiger partial charge on any atom is -0.870 e. The molecule has 4 aromatic heterocycles. The van der Waals surface area contributed by atoms with E-state index in [2.05, 4.69) is 68.5 Å². The van der Waals surface area contributed by atoms with Gasteiger partial charge in [0.25, 0.3) is 0 Å². The smallest absolute Gasteiger partial charge is 0.870 e. The number of carbonyl (C=O) groups excluding carboxylic acids is 2. The van der Waals surface area contributed by atoms with E-state index < -0.39 is 11.9 Å². The average molecular weight is 866 g/mol. The van der Waals surface area contributed by atoms with Crippen molar-refractivity contribution in [2.75, 3.05) is 0 Å². The number of nitrogens with zero attached hydrogens (tertiary/aromatic N) is 4. The summed E-state index contributed by atoms with van der Waals surface area (Å²) in [6, 6.07) is 28.9. The Kier molecular flexibility index (Phi) is 47.8. The third-order valence-corrected chi connectivity index (χ3v) is 6.05. The number of fused-ring (bicyclic) bond motifs is 6. The molecule has 0 atom stereocenters. The molecule has 0 saturated carbocycles. The number of carbonyl (C=O) groups is 2. The van der Waals surface area contributed by atoms with Crippen molar-refractivity contribution in [3.8, 4) is 0 Å². The third-order valence-electron chi connectivity index (χ3n) is 6.05. The summed E-state index contributed by atoms with van der Waals surface area (Å²) in [6.45, 7) is 0. The van der Waals surface area contributed by atoms with Crippen LogP contribution in [0.4, 0.5) is 0 Å². The second-order valence-electron chi connectivity index (χ2n) is 8.58. The molecule has 3 aromatic carbocycles. The predicted molar refractivity (Wildman–Crippen MR) is 189 cm³/mol. The van der Waals surface area contributed by atoms with E-state index in [4.69, 9.17) is 0 Å². The third kappa shape index (κ3) is 17.5. The van der Waals surface area contributed by atoms with Crippen molar-refractivity contribution in [3.05, 3.63) is 133 Å². The summed E-state index contributed by atoms with van der Waals surface area (Å²) in [5.41, 5.74) is 3.80. The fraction of sp³-hybridized carbons (Fsp3) is 0. The Morgan fingerprint density at radius 3 is 0.704 bits per heavy atom. The molecule has 0 bridgehead atoms. The zero-order chi connectivity index (χ0) is 27.9. The Bertz CT molecular complexity index is 1760. The van der Waals surface area contributed by atoms with E-state index in [1.165, 1.54) is 0 Å². The zero-order valence-corrected chi connectivity index (χ0v) is 29.3. The molecule has 2 radical (unpaired) electrons. The van der Waals surface area contributed by atoms with Crippen LogP contribution >= 0.6 is 0 Å². The number of aromatic carboxylic acids is 2. The quantitative estimate of drug-likeness (QED) is 0.118. The molecule has 0 fully saturated rings. The van der Waals surface area contributed by atoms with Crippen LogP contribution in [0.3, 0.4) is 0 Å². The number of rotatable bonds is 2. The normalized spacial score (nSPS) is 7.70. The molecule has 54 heavy (non-hydrogen) atoms. The Balaban J connectivity index is -0.0000000597. The van der Waals surface area contributed by atoms with Gasteiger partial charge in [-0.15, -0.1) is 0 Å². The maximum Gasteiger partial charge on any atom is 2.00 e. The molecule has 0 aliphatic rings. The predicted octanol–water partition coefficient (Wildman–Crippen LogP) is -4.63. The maximum atomic E-state index is 10.2. The molecule has 0 unspecified atom stereocenters. The van der Waals surface area contributed by atoms with Gasteiger partial charge in [0.1, 0.15) is 0 Å². The van der Waals surface area contributed by atoms with Crippen LogP contribution in [-0.2, 0) is 34.1 Å². The van der Waals surface area contributed by atoms with Crippen molar-refractivity contribution < 1.29 is 120 Å². The number of carboxylic acid groups (broad SMARTS) is 2. The van der Waals surface area contributed by atoms with E-state index in [0.717, 1.165) is 67.9 Å². The van der Waals surface area contributed by atoms with Crippen molar-refractivity contribution in [3.63, 3.8) is 0 Å². The summed E-state index contributed by atoms with van der Waals surface area (Å²) in [5, 5.41) is 25.0. The fourth-order valence-corrected chi connectivity index (χ4v) is 4.10. The Labute approximate surface area is 327 Å². The topological polar surface area (TPSA) is 507 Å². The van der Waals surface area contributed by atoms with Crippen molar-refractivity contribution in [2.24, 2.45) is 0 Å². The summed E-state index contributed by atoms with van der Waals surface area (Å²) in [5.74, 6) is -2.67. The SMILES string of the molecule is O.O.O.O.O.O.O.O.O.O.O=C([O-])c1ccc(C(=O)[O-])cc1.[Cu+2].[Cu+2].[OH-].[OH-].c1cnc2c(c1)ccc1cccnc12.c1cnc2c(c1)ccc1cccnc12. The second-order valence-corrected chi connectivity index (χ2v) is 8.58. The molecule has 308 valence electrons. The standard InChI is InChI=1S/2C12H8N2.C8H6O4.2Cu.12H2O/c2*1-3-9-5-6-10-4-2-8-14-12(10)11(9)13-7-1;9-7(10)5-1-2-6(4-3-5)8(11)12;;;;;;;;;;;;;;/h2*1-8H;1-4H,(H,9,10)(H,11,12);;;12*1H2/q;;;2*+2;;;;;;;;;;;;/p-4. The summed E-state index contributed by atoms with van der Waals surface area (Å²) < 4.78 is 0. The van der Waals surface area contributed by atoms with Crippen molar-refractivity contribution >= 4 is 55.6 Å². The van der Waals surface area contributed by atoms with Crippen LogP contribution in [0.2, 0.25) is 0 Å². The van der Waals surface area contributed by atoms with Gasteiger partial charge in [0.15, 0.2) is 0 Å². The van der Waals surface area contributed by atoms with Gasteiger partial charge in [0, 0.05) is 46.3 Å². The van der Waals surface area contributed by atoms with Crippen molar-refractivity contribution in [1.29, 1.82) is 0 Å². The first-order valence-corrected chi connectivity index (χ1v) is 12.2. The molecule has 7 rings (SSSR count). The number of aromatic nitrogens is 4. The van der Waals surface area contributed by atoms with Gasteiger partial charge < -0.3 is 85.5 Å². The number of carboxylic acids is 2. The molecule has 0 aliphatic heterocycles. The zero-order valence-electron chi connectivity index (χ0n) is 27.5. The average Bonchev–Trinajstić information content (AvgIpc) is 3.01. The van der Waals surface area contributed by atoms with E-state index in [0.29, 0.717) is 0 Å². The summed E-state index contributed by atoms with van der Waals surface area (Å²) >= 11 is 0. The van der Waals surface area contributed by atoms with E-state index in [9.17, 15) is 19.8 Å². The van der Waals surface area contributed by atoms with Gasteiger partial charge in [-0.1, -0.05) is 72.8 Å². The van der Waals surface area contributed by atoms with Gasteiger partial charge in [-0.05, 0) is 35.4 Å². The first-order valence-electron chi connectivity index (χ1n) is 12.2. The van der Waals surface area contributed by atoms with Gasteiger partial charge in [-0.3, -0.25) is 19.9 Å². The Hall–Kier alpha value is -5.20. The molecular formula is C32H42Cu2N4O16. The van der Waals surface area contributed by atoms with Crippen LogP contribution in [0.25, 0.3) is 43.6 Å². The molecule has 4 heterocycles. The number of pyridine rings is 4. The molecule has 0 aliphatic carbocycles. The molecule has 7 aromatic rings. The van der Waals surface area contributed by atoms with Crippen molar-refractivity contribution in [1.82, 2.24) is 19.9 Å². The first kappa shape index (κ1) is 74.1. The summed E-state index contributed by atoms with van der Waals surface area (Å²) in [4.78, 5) is 37.8. The summed E-state index contributed by atoms with van der Waals surface area (Å²) in [6.07, 6.45) is 7.21. The van der Waals surface area contributed by atoms with E-state index in [1.807, 2.05) is 24.3 Å². The van der Waals surface area contributed by atoms with Gasteiger partial charge in [-0.2, -0.15) is 0 Å². The Morgan fingerprint density at radius 1 is 0.352 bits per heavy atom. The first-order chi connectivity index (χ1) is 19.5. The van der Waals surface area contributed by atoms with E-state index in [1.54, 1.807) is 24.8 Å². The van der Waals surface area contributed by atoms with Gasteiger partial charge in [0.05, 0.1) is 34.0 Å². The van der Waals surface area contributed by atoms with Crippen molar-refractivity contribution in [2.45, 2.75) is 0 Å².